The standard InChI is InChI=1S/C74H49N/c1-3-17-50(18-4-1)31-32-51-33-35-54(36-34-51)71-63-25-11-13-27-65(63)72(66-28-14-12-26-64(66)71)55-41-43-61(44-42-55)75(60-23-5-2-6-24-60)62-45-46-69-70(49-62)74(59-40-38-53-20-8-10-22-57(53)48-59)68-30-16-15-29-67(68)73(69)58-39-37-52-19-7-9-21-56(52)47-58/h1-49H. The Morgan fingerprint density at radius 1 is 0.200 bits per heavy atom. The van der Waals surface area contributed by atoms with Gasteiger partial charge in [-0.3, -0.25) is 0 Å². The van der Waals surface area contributed by atoms with Gasteiger partial charge in [0.25, 0.3) is 0 Å². The van der Waals surface area contributed by atoms with Crippen LogP contribution < -0.4 is 4.90 Å². The van der Waals surface area contributed by atoms with Gasteiger partial charge in [-0.1, -0.05) is 249 Å². The minimum Gasteiger partial charge on any atom is -0.310 e. The highest BCUT2D eigenvalue weighted by Gasteiger charge is 2.22. The largest absolute Gasteiger partial charge is 0.310 e. The molecule has 0 saturated heterocycles. The van der Waals surface area contributed by atoms with Crippen LogP contribution in [0.3, 0.4) is 0 Å². The summed E-state index contributed by atoms with van der Waals surface area (Å²) in [5.74, 6) is 0. The Hall–Kier alpha value is -9.82. The normalized spacial score (nSPS) is 11.7. The number of para-hydroxylation sites is 1. The van der Waals surface area contributed by atoms with E-state index < -0.39 is 0 Å². The molecule has 0 aliphatic heterocycles. The van der Waals surface area contributed by atoms with Crippen LogP contribution in [0.15, 0.2) is 285 Å². The molecule has 0 atom stereocenters. The third-order valence-corrected chi connectivity index (χ3v) is 15.2. The number of anilines is 3. The summed E-state index contributed by atoms with van der Waals surface area (Å²) < 4.78 is 0. The van der Waals surface area contributed by atoms with Crippen molar-refractivity contribution >= 4 is 93.8 Å². The molecule has 0 fully saturated rings. The van der Waals surface area contributed by atoms with Gasteiger partial charge in [0.1, 0.15) is 0 Å². The molecule has 0 bridgehead atoms. The third kappa shape index (κ3) is 7.90. The second-order valence-electron chi connectivity index (χ2n) is 19.6. The Labute approximate surface area is 437 Å². The first kappa shape index (κ1) is 43.9. The Morgan fingerprint density at radius 2 is 0.533 bits per heavy atom. The fourth-order valence-corrected chi connectivity index (χ4v) is 11.7. The molecule has 0 aliphatic rings. The van der Waals surface area contributed by atoms with Gasteiger partial charge >= 0.3 is 0 Å². The van der Waals surface area contributed by atoms with Gasteiger partial charge in [0.05, 0.1) is 0 Å². The first-order valence-corrected chi connectivity index (χ1v) is 25.9. The molecule has 0 N–H and O–H groups in total. The van der Waals surface area contributed by atoms with Crippen molar-refractivity contribution in [1.82, 2.24) is 0 Å². The summed E-state index contributed by atoms with van der Waals surface area (Å²) in [6, 6.07) is 105. The van der Waals surface area contributed by atoms with Gasteiger partial charge in [-0.2, -0.15) is 0 Å². The summed E-state index contributed by atoms with van der Waals surface area (Å²) in [6.07, 6.45) is 4.36. The molecule has 0 unspecified atom stereocenters. The van der Waals surface area contributed by atoms with E-state index in [1.165, 1.54) is 120 Å². The number of hydrogen-bond acceptors (Lipinski definition) is 1. The number of hydrogen-bond donors (Lipinski definition) is 0. The molecule has 0 aromatic heterocycles. The summed E-state index contributed by atoms with van der Waals surface area (Å²) >= 11 is 0. The van der Waals surface area contributed by atoms with Crippen LogP contribution in [-0.2, 0) is 0 Å². The minimum atomic E-state index is 1.08. The first-order chi connectivity index (χ1) is 37.2. The Balaban J connectivity index is 0.928. The van der Waals surface area contributed by atoms with Crippen molar-refractivity contribution < 1.29 is 0 Å². The zero-order chi connectivity index (χ0) is 49.7. The smallest absolute Gasteiger partial charge is 0.0468 e. The molecule has 14 rings (SSSR count). The van der Waals surface area contributed by atoms with Crippen molar-refractivity contribution in [3.05, 3.63) is 296 Å². The number of fused-ring (bicyclic) bond motifs is 6. The van der Waals surface area contributed by atoms with Gasteiger partial charge in [-0.25, -0.2) is 0 Å². The lowest BCUT2D eigenvalue weighted by atomic mass is 9.85. The van der Waals surface area contributed by atoms with Gasteiger partial charge in [0, 0.05) is 17.1 Å². The minimum absolute atomic E-state index is 1.08. The van der Waals surface area contributed by atoms with Crippen LogP contribution in [0.2, 0.25) is 0 Å². The van der Waals surface area contributed by atoms with E-state index >= 15 is 0 Å². The topological polar surface area (TPSA) is 3.24 Å². The average molecular weight is 952 g/mol. The molecule has 1 nitrogen and oxygen atoms in total. The van der Waals surface area contributed by atoms with E-state index in [9.17, 15) is 0 Å². The number of nitrogens with zero attached hydrogens (tertiary/aromatic N) is 1. The quantitative estimate of drug-likeness (QED) is 0.103. The van der Waals surface area contributed by atoms with Crippen LogP contribution in [-0.4, -0.2) is 0 Å². The van der Waals surface area contributed by atoms with Crippen LogP contribution in [0.1, 0.15) is 11.1 Å². The molecular weight excluding hydrogens is 903 g/mol. The monoisotopic (exact) mass is 951 g/mol. The third-order valence-electron chi connectivity index (χ3n) is 15.2. The van der Waals surface area contributed by atoms with Gasteiger partial charge in [0.2, 0.25) is 0 Å². The highest BCUT2D eigenvalue weighted by Crippen LogP contribution is 2.48. The van der Waals surface area contributed by atoms with Gasteiger partial charge in [0.15, 0.2) is 0 Å². The lowest BCUT2D eigenvalue weighted by Gasteiger charge is -2.27. The van der Waals surface area contributed by atoms with Crippen LogP contribution in [0.4, 0.5) is 17.1 Å². The molecule has 14 aromatic rings. The van der Waals surface area contributed by atoms with E-state index in [1.54, 1.807) is 0 Å². The predicted molar refractivity (Wildman–Crippen MR) is 323 cm³/mol. The maximum Gasteiger partial charge on any atom is 0.0468 e. The molecule has 0 aliphatic carbocycles. The summed E-state index contributed by atoms with van der Waals surface area (Å²) in [5.41, 5.74) is 15.4. The maximum atomic E-state index is 2.43. The van der Waals surface area contributed by atoms with Crippen molar-refractivity contribution in [3.8, 4) is 44.5 Å². The second-order valence-corrected chi connectivity index (χ2v) is 19.6. The molecule has 350 valence electrons. The zero-order valence-corrected chi connectivity index (χ0v) is 41.2. The highest BCUT2D eigenvalue weighted by atomic mass is 15.1. The molecule has 0 heterocycles. The molecule has 0 radical (unpaired) electrons. The van der Waals surface area contributed by atoms with E-state index in [-0.39, 0.29) is 0 Å². The van der Waals surface area contributed by atoms with Gasteiger partial charge in [-0.15, -0.1) is 0 Å². The second kappa shape index (κ2) is 18.7. The molecule has 14 aromatic carbocycles. The van der Waals surface area contributed by atoms with Crippen molar-refractivity contribution in [2.24, 2.45) is 0 Å². The fraction of sp³-hybridized carbons (Fsp3) is 0. The summed E-state index contributed by atoms with van der Waals surface area (Å²) in [6.45, 7) is 0. The van der Waals surface area contributed by atoms with Crippen LogP contribution in [0.5, 0.6) is 0 Å². The lowest BCUT2D eigenvalue weighted by Crippen LogP contribution is -2.10. The molecule has 0 amide bonds. The van der Waals surface area contributed by atoms with Crippen molar-refractivity contribution in [2.45, 2.75) is 0 Å². The van der Waals surface area contributed by atoms with Gasteiger partial charge < -0.3 is 4.90 Å². The zero-order valence-electron chi connectivity index (χ0n) is 41.2. The van der Waals surface area contributed by atoms with Crippen LogP contribution in [0, 0.1) is 0 Å². The average Bonchev–Trinajstić information content (AvgIpc) is 3.48. The molecule has 0 spiro atoms. The molecule has 0 saturated carbocycles. The van der Waals surface area contributed by atoms with Crippen LogP contribution in [0.25, 0.3) is 121 Å². The molecule has 1 heteroatoms. The number of rotatable bonds is 9. The molecule has 75 heavy (non-hydrogen) atoms. The lowest BCUT2D eigenvalue weighted by molar-refractivity contribution is 1.29. The van der Waals surface area contributed by atoms with Crippen LogP contribution >= 0.6 is 0 Å². The Bertz CT molecular complexity index is 4440. The van der Waals surface area contributed by atoms with E-state index in [2.05, 4.69) is 302 Å². The SMILES string of the molecule is C(=Cc1ccc(-c2c3ccccc3c(-c3ccc(N(c4ccccc4)c4ccc5c(-c6ccc7ccccc7c6)c6ccccc6c(-c6ccc7ccccc7c6)c5c4)cc3)c3ccccc23)cc1)c1ccccc1. The predicted octanol–water partition coefficient (Wildman–Crippen LogP) is 20.9. The number of benzene rings is 14. The van der Waals surface area contributed by atoms with Crippen molar-refractivity contribution in [2.75, 3.05) is 4.90 Å². The van der Waals surface area contributed by atoms with Crippen molar-refractivity contribution in [3.63, 3.8) is 0 Å². The van der Waals surface area contributed by atoms with E-state index in [4.69, 9.17) is 0 Å². The summed E-state index contributed by atoms with van der Waals surface area (Å²) in [4.78, 5) is 2.41. The summed E-state index contributed by atoms with van der Waals surface area (Å²) in [7, 11) is 0. The van der Waals surface area contributed by atoms with E-state index in [0.717, 1.165) is 17.1 Å². The first-order valence-electron chi connectivity index (χ1n) is 25.9. The Morgan fingerprint density at radius 3 is 1.03 bits per heavy atom. The Kier molecular flexibility index (Phi) is 10.9. The molecular formula is C74H49N. The van der Waals surface area contributed by atoms with E-state index in [1.807, 2.05) is 0 Å². The van der Waals surface area contributed by atoms with Crippen molar-refractivity contribution in [1.29, 1.82) is 0 Å². The highest BCUT2D eigenvalue weighted by molar-refractivity contribution is 6.24. The van der Waals surface area contributed by atoms with Gasteiger partial charge in [-0.05, 0) is 169 Å². The maximum absolute atomic E-state index is 2.43. The summed E-state index contributed by atoms with van der Waals surface area (Å²) in [5, 5.41) is 14.8. The van der Waals surface area contributed by atoms with E-state index in [0.29, 0.717) is 0 Å². The fourth-order valence-electron chi connectivity index (χ4n) is 11.7.